The van der Waals surface area contributed by atoms with Gasteiger partial charge in [0.2, 0.25) is 0 Å². The molecule has 0 atom stereocenters. The summed E-state index contributed by atoms with van der Waals surface area (Å²) in [5, 5.41) is -2.25. The molecule has 126 heavy (non-hydrogen) atoms. The van der Waals surface area contributed by atoms with Gasteiger partial charge in [-0.2, -0.15) is 0 Å². The second-order valence-corrected chi connectivity index (χ2v) is 109. The van der Waals surface area contributed by atoms with Gasteiger partial charge in [0.05, 0.1) is 0 Å². The van der Waals surface area contributed by atoms with E-state index in [1.165, 1.54) is 38.5 Å². The standard InChI is InChI=1S/8C12H27OSi.2C5H12.4Cr/c8*1-10(2,3)14(13,11(4,5)6)12(7,8)9;2*1-3-5-4-2;;;;/h8*1-9H3;2*3-5H2,1-2H3;;;;/q8*-1;;;4*+2. The predicted molar refractivity (Wildman–Crippen MR) is 570 cm³/mol. The molecule has 0 unspecified atom stereocenters. The third-order valence-corrected chi connectivity index (χ3v) is 77.5. The first-order valence-corrected chi connectivity index (χ1v) is 63.7. The van der Waals surface area contributed by atoms with Crippen molar-refractivity contribution in [1.82, 2.24) is 0 Å². The maximum atomic E-state index is 13.3. The smallest absolute Gasteiger partial charge is 0.857 e. The molecule has 0 aliphatic heterocycles. The van der Waals surface area contributed by atoms with Gasteiger partial charge >= 0.3 is 69.4 Å². The Morgan fingerprint density at radius 3 is 0.135 bits per heavy atom. The van der Waals surface area contributed by atoms with Crippen molar-refractivity contribution in [1.29, 1.82) is 0 Å². The quantitative estimate of drug-likeness (QED) is 0.249. The minimum atomic E-state index is -2.60. The molecule has 768 valence electrons. The molecule has 0 amide bonds. The largest absolute Gasteiger partial charge is 2.00 e. The number of hydrogen-bond donors (Lipinski definition) is 0. The maximum Gasteiger partial charge on any atom is 2.00 e. The Hall–Kier alpha value is 3.54. The summed E-state index contributed by atoms with van der Waals surface area (Å²) in [5.41, 5.74) is 0. The van der Waals surface area contributed by atoms with E-state index in [0.717, 1.165) is 0 Å². The van der Waals surface area contributed by atoms with Crippen molar-refractivity contribution < 1.29 is 108 Å². The molecule has 0 fully saturated rings. The van der Waals surface area contributed by atoms with Gasteiger partial charge in [-0.3, -0.25) is 0 Å². The van der Waals surface area contributed by atoms with Gasteiger partial charge in [-0.05, 0) is 66.5 Å². The van der Waals surface area contributed by atoms with Crippen molar-refractivity contribution in [3.8, 4) is 0 Å². The van der Waals surface area contributed by atoms with Gasteiger partial charge in [0.25, 0.3) is 0 Å². The van der Waals surface area contributed by atoms with Gasteiger partial charge in [0.15, 0.2) is 0 Å². The van der Waals surface area contributed by atoms with E-state index in [2.05, 4.69) is 526 Å². The molecule has 0 aliphatic rings. The zero-order valence-corrected chi connectivity index (χ0v) is 114. The number of unbranched alkanes of at least 4 members (excludes halogenated alkanes) is 4. The SMILES string of the molecule is CC(C)(C)[Si]([O-])(C(C)(C)C)C(C)(C)C.CC(C)(C)[Si]([O-])(C(C)(C)C)C(C)(C)C.CC(C)(C)[Si]([O-])(C(C)(C)C)C(C)(C)C.CC(C)(C)[Si]([O-])(C(C)(C)C)C(C)(C)C.CC(C)(C)[Si]([O-])(C(C)(C)C)C(C)(C)C.CC(C)(C)[Si]([O-])(C(C)(C)C)C(C)(C)C.CC(C)(C)[Si]([O-])(C(C)(C)C)C(C)(C)C.CC(C)(C)[Si]([O-])(C(C)(C)C)C(C)(C)C.CCCCC.CCCCC.[Cr+2].[Cr+2].[Cr+2].[Cr+2]. The third kappa shape index (κ3) is 40.9. The molecular formula is C106H240Cr4O8Si8. The summed E-state index contributed by atoms with van der Waals surface area (Å²) >= 11 is 0. The van der Waals surface area contributed by atoms with Crippen LogP contribution in [0.1, 0.15) is 565 Å². The predicted octanol–water partition coefficient (Wildman–Crippen LogP) is 33.9. The second kappa shape index (κ2) is 51.5. The summed E-state index contributed by atoms with van der Waals surface area (Å²) in [6.07, 6.45) is 8.15. The van der Waals surface area contributed by atoms with Gasteiger partial charge in [-0.25, -0.2) is 0 Å². The first kappa shape index (κ1) is 160. The molecule has 0 spiro atoms. The molecule has 0 radical (unpaired) electrons. The molecule has 0 aromatic rings. The molecule has 20 heteroatoms. The van der Waals surface area contributed by atoms with Crippen LogP contribution in [0.5, 0.6) is 0 Å². The van der Waals surface area contributed by atoms with Crippen molar-refractivity contribution in [3.63, 3.8) is 0 Å². The first-order chi connectivity index (χ1) is 50.8. The normalized spacial score (nSPS) is 14.8. The van der Waals surface area contributed by atoms with Crippen LogP contribution < -0.4 is 38.4 Å². The number of rotatable bonds is 4. The minimum absolute atomic E-state index is 0. The summed E-state index contributed by atoms with van der Waals surface area (Å²) in [7, 11) is -20.8. The molecule has 0 saturated heterocycles. The maximum absolute atomic E-state index is 13.3. The van der Waals surface area contributed by atoms with E-state index in [1.807, 2.05) is 0 Å². The zero-order valence-electron chi connectivity index (χ0n) is 101. The summed E-state index contributed by atoms with van der Waals surface area (Å²) in [6.45, 7) is 161. The van der Waals surface area contributed by atoms with E-state index < -0.39 is 66.5 Å². The van der Waals surface area contributed by atoms with Crippen LogP contribution in [0.25, 0.3) is 0 Å². The molecule has 8 nitrogen and oxygen atoms in total. The van der Waals surface area contributed by atoms with Crippen LogP contribution in [0.15, 0.2) is 0 Å². The minimum Gasteiger partial charge on any atom is -0.857 e. The molecule has 0 bridgehead atoms. The second-order valence-electron chi connectivity index (χ2n) is 62.2. The van der Waals surface area contributed by atoms with E-state index in [0.29, 0.717) is 0 Å². The van der Waals surface area contributed by atoms with Crippen LogP contribution in [0.2, 0.25) is 121 Å². The van der Waals surface area contributed by atoms with Crippen LogP contribution in [0.3, 0.4) is 0 Å². The van der Waals surface area contributed by atoms with E-state index in [4.69, 9.17) is 0 Å². The summed E-state index contributed by atoms with van der Waals surface area (Å²) in [5.74, 6) is 0. The molecule has 0 aromatic carbocycles. The van der Waals surface area contributed by atoms with Crippen molar-refractivity contribution in [2.24, 2.45) is 0 Å². The first-order valence-electron chi connectivity index (χ1n) is 48.5. The van der Waals surface area contributed by atoms with Gasteiger partial charge in [0.1, 0.15) is 0 Å². The Bertz CT molecular complexity index is 2010. The average Bonchev–Trinajstić information content (AvgIpc) is 0.798. The molecular weight excluding hydrogens is 1830 g/mol. The monoisotopic (exact) mass is 2070 g/mol. The fraction of sp³-hybridized carbons (Fsp3) is 1.00. The Kier molecular flexibility index (Phi) is 65.5. The number of hydrogen-bond acceptors (Lipinski definition) is 8. The van der Waals surface area contributed by atoms with Gasteiger partial charge in [-0.1, -0.05) is 686 Å². The van der Waals surface area contributed by atoms with Crippen LogP contribution >= 0.6 is 0 Å². The Morgan fingerprint density at radius 1 is 0.103 bits per heavy atom. The Morgan fingerprint density at radius 2 is 0.135 bits per heavy atom. The molecule has 0 saturated carbocycles. The third-order valence-electron chi connectivity index (χ3n) is 26.8. The fourth-order valence-electron chi connectivity index (χ4n) is 27.7. The van der Waals surface area contributed by atoms with Crippen LogP contribution in [-0.4, -0.2) is 66.5 Å². The Labute approximate surface area is 852 Å². The Balaban J connectivity index is -0.0000000928. The average molecular weight is 2080 g/mol. The zero-order chi connectivity index (χ0) is 104. The van der Waals surface area contributed by atoms with Crippen molar-refractivity contribution in [2.75, 3.05) is 0 Å². The summed E-state index contributed by atoms with van der Waals surface area (Å²) in [6, 6.07) is 0. The molecule has 0 aliphatic carbocycles. The molecule has 0 N–H and O–H groups in total. The molecule has 0 rings (SSSR count). The van der Waals surface area contributed by atoms with E-state index in [1.54, 1.807) is 0 Å². The molecule has 0 aromatic heterocycles. The van der Waals surface area contributed by atoms with Crippen molar-refractivity contribution >= 4 is 66.5 Å². The summed E-state index contributed by atoms with van der Waals surface area (Å²) < 4.78 is 0. The topological polar surface area (TPSA) is 184 Å². The van der Waals surface area contributed by atoms with Gasteiger partial charge < -0.3 is 38.4 Å². The van der Waals surface area contributed by atoms with E-state index in [9.17, 15) is 38.4 Å². The van der Waals surface area contributed by atoms with Crippen LogP contribution in [0, 0.1) is 0 Å². The van der Waals surface area contributed by atoms with E-state index >= 15 is 0 Å². The van der Waals surface area contributed by atoms with E-state index in [-0.39, 0.29) is 190 Å². The van der Waals surface area contributed by atoms with Crippen molar-refractivity contribution in [3.05, 3.63) is 0 Å². The summed E-state index contributed by atoms with van der Waals surface area (Å²) in [4.78, 5) is 106. The van der Waals surface area contributed by atoms with Gasteiger partial charge in [-0.15, -0.1) is 0 Å². The van der Waals surface area contributed by atoms with Gasteiger partial charge in [0, 0.05) is 0 Å². The van der Waals surface area contributed by atoms with Crippen LogP contribution in [-0.2, 0) is 69.4 Å². The van der Waals surface area contributed by atoms with Crippen molar-refractivity contribution in [2.45, 2.75) is 686 Å². The van der Waals surface area contributed by atoms with Crippen LogP contribution in [0.4, 0.5) is 0 Å². The fourth-order valence-corrected chi connectivity index (χ4v) is 81.7. The molecule has 0 heterocycles.